The molecule has 0 radical (unpaired) electrons. The van der Waals surface area contributed by atoms with Crippen molar-refractivity contribution < 1.29 is 26.3 Å². The van der Waals surface area contributed by atoms with Crippen molar-refractivity contribution in [2.75, 3.05) is 0 Å². The van der Waals surface area contributed by atoms with E-state index in [1.807, 2.05) is 0 Å². The third-order valence-electron chi connectivity index (χ3n) is 2.17. The van der Waals surface area contributed by atoms with Crippen LogP contribution in [-0.4, -0.2) is 14.6 Å². The molecule has 19 heavy (non-hydrogen) atoms. The first kappa shape index (κ1) is 13.1. The fourth-order valence-corrected chi connectivity index (χ4v) is 1.39. The molecular formula is C9H2F6N4. The van der Waals surface area contributed by atoms with Gasteiger partial charge < -0.3 is 0 Å². The van der Waals surface area contributed by atoms with Gasteiger partial charge in [0, 0.05) is 0 Å². The summed E-state index contributed by atoms with van der Waals surface area (Å²) in [6.45, 7) is 0. The second-order valence-electron chi connectivity index (χ2n) is 3.43. The Hall–Kier alpha value is -2.31. The Labute approximate surface area is 100 Å². The highest BCUT2D eigenvalue weighted by Gasteiger charge is 2.40. The van der Waals surface area contributed by atoms with Crippen LogP contribution in [0.5, 0.6) is 0 Å². The van der Waals surface area contributed by atoms with E-state index in [4.69, 9.17) is 5.26 Å². The lowest BCUT2D eigenvalue weighted by Gasteiger charge is -2.12. The molecule has 0 aromatic carbocycles. The van der Waals surface area contributed by atoms with Crippen molar-refractivity contribution >= 4 is 5.65 Å². The quantitative estimate of drug-likeness (QED) is 0.697. The number of rotatable bonds is 0. The lowest BCUT2D eigenvalue weighted by Crippen LogP contribution is -2.18. The molecule has 4 nitrogen and oxygen atoms in total. The molecule has 2 aromatic heterocycles. The van der Waals surface area contributed by atoms with Gasteiger partial charge in [-0.3, -0.25) is 0 Å². The summed E-state index contributed by atoms with van der Waals surface area (Å²) in [6, 6.07) is 1.28. The summed E-state index contributed by atoms with van der Waals surface area (Å²) in [4.78, 5) is 3.00. The van der Waals surface area contributed by atoms with E-state index in [1.54, 1.807) is 0 Å². The average molecular weight is 280 g/mol. The molecule has 0 amide bonds. The van der Waals surface area contributed by atoms with Crippen molar-refractivity contribution in [3.8, 4) is 6.07 Å². The smallest absolute Gasteiger partial charge is 0.223 e. The summed E-state index contributed by atoms with van der Waals surface area (Å²) in [6.07, 6.45) is -9.39. The van der Waals surface area contributed by atoms with Crippen LogP contribution < -0.4 is 0 Å². The Balaban J connectivity index is 2.88. The Kier molecular flexibility index (Phi) is 2.65. The zero-order valence-electron chi connectivity index (χ0n) is 8.71. The highest BCUT2D eigenvalue weighted by molar-refractivity contribution is 5.55. The van der Waals surface area contributed by atoms with Crippen molar-refractivity contribution in [1.29, 1.82) is 5.26 Å². The number of halogens is 6. The van der Waals surface area contributed by atoms with E-state index < -0.39 is 35.0 Å². The van der Waals surface area contributed by atoms with Gasteiger partial charge in [-0.15, -0.1) is 0 Å². The SMILES string of the molecule is N#Cc1cnn2c(C(F)(F)F)cc(C(F)(F)F)nc12. The average Bonchev–Trinajstić information content (AvgIpc) is 2.67. The molecule has 2 aromatic rings. The number of fused-ring (bicyclic) bond motifs is 1. The van der Waals surface area contributed by atoms with Gasteiger partial charge in [-0.25, -0.2) is 9.50 Å². The van der Waals surface area contributed by atoms with Crippen LogP contribution in [-0.2, 0) is 12.4 Å². The van der Waals surface area contributed by atoms with Gasteiger partial charge in [0.05, 0.1) is 6.20 Å². The number of hydrogen-bond acceptors (Lipinski definition) is 3. The summed E-state index contributed by atoms with van der Waals surface area (Å²) in [5.74, 6) is 0. The van der Waals surface area contributed by atoms with Gasteiger partial charge >= 0.3 is 12.4 Å². The van der Waals surface area contributed by atoms with Crippen LogP contribution in [0.4, 0.5) is 26.3 Å². The first-order chi connectivity index (χ1) is 8.64. The molecule has 0 bridgehead atoms. The predicted octanol–water partition coefficient (Wildman–Crippen LogP) is 2.64. The van der Waals surface area contributed by atoms with Gasteiger partial charge in [0.25, 0.3) is 0 Å². The number of nitrogens with zero attached hydrogens (tertiary/aromatic N) is 4. The second-order valence-corrected chi connectivity index (χ2v) is 3.43. The second kappa shape index (κ2) is 3.84. The van der Waals surface area contributed by atoms with Crippen molar-refractivity contribution in [3.63, 3.8) is 0 Å². The van der Waals surface area contributed by atoms with Gasteiger partial charge in [0.1, 0.15) is 17.3 Å². The largest absolute Gasteiger partial charge is 0.433 e. The summed E-state index contributed by atoms with van der Waals surface area (Å²) < 4.78 is 75.6. The highest BCUT2D eigenvalue weighted by atomic mass is 19.4. The van der Waals surface area contributed by atoms with Crippen LogP contribution in [0.2, 0.25) is 0 Å². The minimum Gasteiger partial charge on any atom is -0.223 e. The fourth-order valence-electron chi connectivity index (χ4n) is 1.39. The summed E-state index contributed by atoms with van der Waals surface area (Å²) >= 11 is 0. The minimum atomic E-state index is -5.06. The number of nitriles is 1. The van der Waals surface area contributed by atoms with Gasteiger partial charge in [-0.2, -0.15) is 36.7 Å². The normalized spacial score (nSPS) is 12.7. The lowest BCUT2D eigenvalue weighted by molar-refractivity contribution is -0.148. The molecule has 0 N–H and O–H groups in total. The standard InChI is InChI=1S/C9H2F6N4/c10-8(11,12)5-1-6(9(13,14)15)19-7(18-5)4(2-16)3-17-19/h1,3H. The van der Waals surface area contributed by atoms with Crippen LogP contribution in [0.3, 0.4) is 0 Å². The molecule has 0 aliphatic carbocycles. The Bertz CT molecular complexity index is 675. The van der Waals surface area contributed by atoms with Crippen molar-refractivity contribution in [2.45, 2.75) is 12.4 Å². The highest BCUT2D eigenvalue weighted by Crippen LogP contribution is 2.34. The van der Waals surface area contributed by atoms with Crippen molar-refractivity contribution in [3.05, 3.63) is 29.2 Å². The molecule has 0 unspecified atom stereocenters. The Morgan fingerprint density at radius 3 is 2.21 bits per heavy atom. The number of hydrogen-bond donors (Lipinski definition) is 0. The maximum atomic E-state index is 12.7. The Morgan fingerprint density at radius 2 is 1.74 bits per heavy atom. The van der Waals surface area contributed by atoms with Crippen LogP contribution in [0, 0.1) is 11.3 Å². The number of aromatic nitrogens is 3. The van der Waals surface area contributed by atoms with E-state index >= 15 is 0 Å². The van der Waals surface area contributed by atoms with Gasteiger partial charge in [-0.05, 0) is 6.07 Å². The van der Waals surface area contributed by atoms with Crippen LogP contribution in [0.15, 0.2) is 12.3 Å². The molecule has 0 fully saturated rings. The first-order valence-corrected chi connectivity index (χ1v) is 4.58. The molecule has 0 aliphatic rings. The van der Waals surface area contributed by atoms with Crippen LogP contribution in [0.1, 0.15) is 17.0 Å². The first-order valence-electron chi connectivity index (χ1n) is 4.58. The molecule has 10 heteroatoms. The zero-order chi connectivity index (χ0) is 14.4. The van der Waals surface area contributed by atoms with Crippen LogP contribution in [0.25, 0.3) is 5.65 Å². The monoisotopic (exact) mass is 280 g/mol. The summed E-state index contributed by atoms with van der Waals surface area (Å²) in [5, 5.41) is 11.8. The van der Waals surface area contributed by atoms with Crippen molar-refractivity contribution in [1.82, 2.24) is 14.6 Å². The summed E-state index contributed by atoms with van der Waals surface area (Å²) in [5.41, 5.74) is -4.64. The van der Waals surface area contributed by atoms with Crippen molar-refractivity contribution in [2.24, 2.45) is 0 Å². The van der Waals surface area contributed by atoms with Crippen LogP contribution >= 0.6 is 0 Å². The van der Waals surface area contributed by atoms with E-state index in [0.29, 0.717) is 0 Å². The van der Waals surface area contributed by atoms with Gasteiger partial charge in [-0.1, -0.05) is 0 Å². The molecule has 2 heterocycles. The zero-order valence-corrected chi connectivity index (χ0v) is 8.71. The summed E-state index contributed by atoms with van der Waals surface area (Å²) in [7, 11) is 0. The molecule has 100 valence electrons. The fraction of sp³-hybridized carbons (Fsp3) is 0.222. The van der Waals surface area contributed by atoms with E-state index in [-0.39, 0.29) is 10.6 Å². The maximum absolute atomic E-state index is 12.7. The Morgan fingerprint density at radius 1 is 1.11 bits per heavy atom. The molecular weight excluding hydrogens is 278 g/mol. The lowest BCUT2D eigenvalue weighted by atomic mass is 10.3. The molecule has 0 atom stereocenters. The molecule has 0 aliphatic heterocycles. The topological polar surface area (TPSA) is 54.0 Å². The maximum Gasteiger partial charge on any atom is 0.433 e. The van der Waals surface area contributed by atoms with E-state index in [2.05, 4.69) is 10.1 Å². The minimum absolute atomic E-state index is 0.152. The van der Waals surface area contributed by atoms with E-state index in [0.717, 1.165) is 6.20 Å². The van der Waals surface area contributed by atoms with Gasteiger partial charge in [0.15, 0.2) is 11.3 Å². The van der Waals surface area contributed by atoms with Gasteiger partial charge in [0.2, 0.25) is 0 Å². The molecule has 0 saturated carbocycles. The third-order valence-corrected chi connectivity index (χ3v) is 2.17. The van der Waals surface area contributed by atoms with E-state index in [9.17, 15) is 26.3 Å². The molecule has 0 spiro atoms. The third kappa shape index (κ3) is 2.18. The number of alkyl halides is 6. The molecule has 0 saturated heterocycles. The molecule has 2 rings (SSSR count). The van der Waals surface area contributed by atoms with E-state index in [1.165, 1.54) is 6.07 Å². The predicted molar refractivity (Wildman–Crippen MR) is 47.7 cm³/mol.